The molecule has 246 valence electrons. The zero-order valence-electron chi connectivity index (χ0n) is 26.9. The van der Waals surface area contributed by atoms with E-state index in [2.05, 4.69) is 6.92 Å². The highest BCUT2D eigenvalue weighted by Gasteiger charge is 2.35. The fourth-order valence-corrected chi connectivity index (χ4v) is 6.43. The van der Waals surface area contributed by atoms with Crippen molar-refractivity contribution in [2.45, 2.75) is 204 Å². The Kier molecular flexibility index (Phi) is 19.9. The molecule has 0 bridgehead atoms. The second-order valence-electron chi connectivity index (χ2n) is 13.1. The van der Waals surface area contributed by atoms with Gasteiger partial charge < -0.3 is 29.9 Å². The predicted molar refractivity (Wildman–Crippen MR) is 168 cm³/mol. The number of hydrogen-bond donors (Lipinski definition) is 4. The van der Waals surface area contributed by atoms with Crippen LogP contribution in [-0.2, 0) is 14.3 Å². The van der Waals surface area contributed by atoms with Gasteiger partial charge in [-0.3, -0.25) is 0 Å². The first-order valence-corrected chi connectivity index (χ1v) is 17.6. The number of aliphatic hydroxyl groups excluding tert-OH is 4. The minimum Gasteiger partial charge on any atom is -0.455 e. The average molecular weight is 597 g/mol. The molecule has 0 saturated carbocycles. The maximum Gasteiger partial charge on any atom is 0.334 e. The van der Waals surface area contributed by atoms with Gasteiger partial charge in [0.1, 0.15) is 6.10 Å². The topological polar surface area (TPSA) is 116 Å². The molecule has 7 nitrogen and oxygen atoms in total. The van der Waals surface area contributed by atoms with E-state index >= 15 is 0 Å². The van der Waals surface area contributed by atoms with Crippen LogP contribution in [-0.4, -0.2) is 69.1 Å². The summed E-state index contributed by atoms with van der Waals surface area (Å²) in [5, 5.41) is 41.8. The lowest BCUT2D eigenvalue weighted by atomic mass is 9.98. The smallest absolute Gasteiger partial charge is 0.334 e. The molecular formula is C35H64O7. The van der Waals surface area contributed by atoms with Crippen LogP contribution >= 0.6 is 0 Å². The van der Waals surface area contributed by atoms with E-state index in [-0.39, 0.29) is 24.3 Å². The summed E-state index contributed by atoms with van der Waals surface area (Å²) in [5.41, 5.74) is 0.593. The van der Waals surface area contributed by atoms with Crippen LogP contribution in [0.15, 0.2) is 11.6 Å². The second-order valence-corrected chi connectivity index (χ2v) is 13.1. The van der Waals surface area contributed by atoms with Crippen molar-refractivity contribution in [1.82, 2.24) is 0 Å². The van der Waals surface area contributed by atoms with Gasteiger partial charge in [0, 0.05) is 18.4 Å². The van der Waals surface area contributed by atoms with Crippen molar-refractivity contribution in [3.05, 3.63) is 11.6 Å². The maximum atomic E-state index is 11.6. The largest absolute Gasteiger partial charge is 0.455 e. The van der Waals surface area contributed by atoms with Gasteiger partial charge in [-0.05, 0) is 45.1 Å². The molecule has 0 radical (unpaired) electrons. The molecule has 0 aliphatic carbocycles. The summed E-state index contributed by atoms with van der Waals surface area (Å²) >= 11 is 0. The minimum atomic E-state index is -0.689. The van der Waals surface area contributed by atoms with Crippen LogP contribution in [0.1, 0.15) is 162 Å². The van der Waals surface area contributed by atoms with Crippen LogP contribution in [0.25, 0.3) is 0 Å². The summed E-state index contributed by atoms with van der Waals surface area (Å²) < 4.78 is 11.1. The van der Waals surface area contributed by atoms with Gasteiger partial charge in [0.2, 0.25) is 0 Å². The molecule has 7 heteroatoms. The number of hydrogen-bond acceptors (Lipinski definition) is 7. The average Bonchev–Trinajstić information content (AvgIpc) is 3.57. The van der Waals surface area contributed by atoms with Gasteiger partial charge in [-0.1, -0.05) is 110 Å². The lowest BCUT2D eigenvalue weighted by molar-refractivity contribution is -0.139. The summed E-state index contributed by atoms with van der Waals surface area (Å²) in [4.78, 5) is 11.6. The summed E-state index contributed by atoms with van der Waals surface area (Å²) in [5.74, 6) is -0.301. The Hall–Kier alpha value is -0.990. The van der Waals surface area contributed by atoms with E-state index < -0.39 is 24.4 Å². The molecule has 2 heterocycles. The molecule has 7 atom stereocenters. The molecule has 1 fully saturated rings. The molecule has 4 N–H and O–H groups in total. The Morgan fingerprint density at radius 1 is 0.690 bits per heavy atom. The zero-order valence-corrected chi connectivity index (χ0v) is 26.9. The fraction of sp³-hybridized carbons (Fsp3) is 0.914. The number of carbonyl (C=O) groups excluding carboxylic acids is 1. The van der Waals surface area contributed by atoms with Crippen molar-refractivity contribution in [1.29, 1.82) is 0 Å². The molecule has 1 unspecified atom stereocenters. The third-order valence-electron chi connectivity index (χ3n) is 9.08. The number of cyclic esters (lactones) is 1. The van der Waals surface area contributed by atoms with E-state index in [1.807, 2.05) is 6.92 Å². The van der Waals surface area contributed by atoms with Gasteiger partial charge in [0.25, 0.3) is 0 Å². The molecule has 0 aromatic carbocycles. The van der Waals surface area contributed by atoms with Gasteiger partial charge in [0.05, 0.1) is 36.6 Å². The molecule has 0 aromatic rings. The van der Waals surface area contributed by atoms with Crippen molar-refractivity contribution in [2.24, 2.45) is 0 Å². The lowest BCUT2D eigenvalue weighted by Gasteiger charge is -2.23. The summed E-state index contributed by atoms with van der Waals surface area (Å²) in [7, 11) is 0. The van der Waals surface area contributed by atoms with E-state index in [1.165, 1.54) is 51.4 Å². The highest BCUT2D eigenvalue weighted by atomic mass is 16.5. The quantitative estimate of drug-likeness (QED) is 0.0624. The lowest BCUT2D eigenvalue weighted by Crippen LogP contribution is -2.33. The van der Waals surface area contributed by atoms with Gasteiger partial charge in [0.15, 0.2) is 0 Å². The van der Waals surface area contributed by atoms with Crippen molar-refractivity contribution in [2.75, 3.05) is 0 Å². The van der Waals surface area contributed by atoms with E-state index in [4.69, 9.17) is 9.47 Å². The van der Waals surface area contributed by atoms with Crippen molar-refractivity contribution in [3.8, 4) is 0 Å². The normalized spacial score (nSPS) is 23.5. The third-order valence-corrected chi connectivity index (χ3v) is 9.08. The Labute approximate surface area is 256 Å². The molecule has 0 aromatic heterocycles. The first-order chi connectivity index (χ1) is 20.3. The summed E-state index contributed by atoms with van der Waals surface area (Å²) in [6.45, 7) is 4.08. The molecule has 0 amide bonds. The van der Waals surface area contributed by atoms with Crippen LogP contribution < -0.4 is 0 Å². The predicted octanol–water partition coefficient (Wildman–Crippen LogP) is 7.06. The molecule has 2 aliphatic rings. The van der Waals surface area contributed by atoms with E-state index in [0.717, 1.165) is 70.6 Å². The molecule has 2 rings (SSSR count). The zero-order chi connectivity index (χ0) is 30.6. The standard InChI is InChI=1S/C35H64O7/c1-3-4-5-6-7-8-9-10-15-18-21-31(38)33-22-23-34(42-33)32(39)26-30(37)20-17-14-12-11-13-16-19-29(36)25-28-24-27(2)41-35(28)40/h24,27,29-34,36-39H,3-23,25-26H2,1-2H3/t27-,29-,30?,31-,32+,33+,34+/m0/s1. The van der Waals surface area contributed by atoms with Crippen molar-refractivity contribution in [3.63, 3.8) is 0 Å². The SMILES string of the molecule is CCCCCCCCCCCC[C@H](O)[C@H]1CC[C@H]([C@H](O)CC(O)CCCCCCCC[C@H](O)CC2=C[C@H](C)OC2=O)O1. The number of ether oxygens (including phenoxy) is 2. The van der Waals surface area contributed by atoms with Crippen molar-refractivity contribution < 1.29 is 34.7 Å². The Bertz CT molecular complexity index is 726. The minimum absolute atomic E-state index is 0.187. The number of esters is 1. The van der Waals surface area contributed by atoms with E-state index in [9.17, 15) is 25.2 Å². The molecule has 0 spiro atoms. The Morgan fingerprint density at radius 3 is 1.69 bits per heavy atom. The van der Waals surface area contributed by atoms with E-state index in [1.54, 1.807) is 6.08 Å². The first kappa shape index (κ1) is 37.2. The van der Waals surface area contributed by atoms with Crippen LogP contribution in [0.4, 0.5) is 0 Å². The van der Waals surface area contributed by atoms with Crippen LogP contribution in [0.5, 0.6) is 0 Å². The monoisotopic (exact) mass is 596 g/mol. The van der Waals surface area contributed by atoms with Crippen LogP contribution in [0, 0.1) is 0 Å². The van der Waals surface area contributed by atoms with Gasteiger partial charge in [-0.15, -0.1) is 0 Å². The summed E-state index contributed by atoms with van der Waals surface area (Å²) in [6.07, 6.45) is 22.2. The number of aliphatic hydroxyl groups is 4. The third kappa shape index (κ3) is 16.2. The van der Waals surface area contributed by atoms with Crippen LogP contribution in [0.2, 0.25) is 0 Å². The van der Waals surface area contributed by atoms with Crippen LogP contribution in [0.3, 0.4) is 0 Å². The Balaban J connectivity index is 1.42. The number of rotatable bonds is 26. The van der Waals surface area contributed by atoms with Gasteiger partial charge in [-0.2, -0.15) is 0 Å². The van der Waals surface area contributed by atoms with E-state index in [0.29, 0.717) is 31.3 Å². The highest BCUT2D eigenvalue weighted by Crippen LogP contribution is 2.28. The van der Waals surface area contributed by atoms with Gasteiger partial charge >= 0.3 is 5.97 Å². The molecular weight excluding hydrogens is 532 g/mol. The highest BCUT2D eigenvalue weighted by molar-refractivity contribution is 5.90. The number of unbranched alkanes of at least 4 members (excludes halogenated alkanes) is 14. The van der Waals surface area contributed by atoms with Crippen molar-refractivity contribution >= 4 is 5.97 Å². The number of carbonyl (C=O) groups is 1. The molecule has 42 heavy (non-hydrogen) atoms. The maximum absolute atomic E-state index is 11.6. The van der Waals surface area contributed by atoms with Gasteiger partial charge in [-0.25, -0.2) is 4.79 Å². The molecule has 1 saturated heterocycles. The first-order valence-electron chi connectivity index (χ1n) is 17.6. The Morgan fingerprint density at radius 2 is 1.17 bits per heavy atom. The summed E-state index contributed by atoms with van der Waals surface area (Å²) in [6, 6.07) is 0. The second kappa shape index (κ2) is 22.5. The molecule has 2 aliphatic heterocycles. The fourth-order valence-electron chi connectivity index (χ4n) is 6.43.